The van der Waals surface area contributed by atoms with E-state index in [4.69, 9.17) is 0 Å². The second kappa shape index (κ2) is 10.7. The first-order valence-electron chi connectivity index (χ1n) is 9.89. The molecule has 0 spiro atoms. The predicted molar refractivity (Wildman–Crippen MR) is 116 cm³/mol. The Morgan fingerprint density at radius 3 is 2.39 bits per heavy atom. The van der Waals surface area contributed by atoms with Gasteiger partial charge in [-0.25, -0.2) is 8.42 Å². The lowest BCUT2D eigenvalue weighted by Crippen LogP contribution is -2.40. The van der Waals surface area contributed by atoms with Crippen LogP contribution in [-0.2, 0) is 14.8 Å². The van der Waals surface area contributed by atoms with Crippen LogP contribution in [0.25, 0.3) is 0 Å². The van der Waals surface area contributed by atoms with Gasteiger partial charge in [-0.2, -0.15) is 4.31 Å². The molecule has 0 radical (unpaired) electrons. The van der Waals surface area contributed by atoms with Crippen molar-refractivity contribution >= 4 is 31.9 Å². The van der Waals surface area contributed by atoms with Gasteiger partial charge in [0, 0.05) is 31.2 Å². The highest BCUT2D eigenvalue weighted by Gasteiger charge is 2.23. The minimum absolute atomic E-state index is 0.177. The standard InChI is InChI=1S/C20H32BrN3O3S/c1-16-12-17(2)14-24(13-16)11-5-4-10-22-20(25)15-23(3)28(26,27)19-8-6-18(21)7-9-19/h6-9,16-17H,4-5,10-15H2,1-3H3,(H,22,25). The Morgan fingerprint density at radius 2 is 1.79 bits per heavy atom. The summed E-state index contributed by atoms with van der Waals surface area (Å²) in [5.74, 6) is 1.24. The first-order valence-corrected chi connectivity index (χ1v) is 12.1. The molecule has 1 saturated heterocycles. The number of likely N-dealkylation sites (tertiary alicyclic amines) is 1. The van der Waals surface area contributed by atoms with Gasteiger partial charge in [0.1, 0.15) is 0 Å². The zero-order valence-corrected chi connectivity index (χ0v) is 19.4. The van der Waals surface area contributed by atoms with Crippen molar-refractivity contribution in [1.82, 2.24) is 14.5 Å². The third-order valence-electron chi connectivity index (χ3n) is 5.06. The molecule has 0 bridgehead atoms. The van der Waals surface area contributed by atoms with Crippen molar-refractivity contribution in [2.75, 3.05) is 39.8 Å². The van der Waals surface area contributed by atoms with Gasteiger partial charge < -0.3 is 10.2 Å². The monoisotopic (exact) mass is 473 g/mol. The molecule has 2 rings (SSSR count). The minimum Gasteiger partial charge on any atom is -0.355 e. The maximum atomic E-state index is 12.5. The van der Waals surface area contributed by atoms with E-state index in [1.54, 1.807) is 12.1 Å². The fourth-order valence-electron chi connectivity index (χ4n) is 3.79. The number of amides is 1. The predicted octanol–water partition coefficient (Wildman–Crippen LogP) is 2.94. The number of unbranched alkanes of at least 4 members (excludes halogenated alkanes) is 1. The molecule has 1 aromatic carbocycles. The summed E-state index contributed by atoms with van der Waals surface area (Å²) in [5.41, 5.74) is 0. The number of benzene rings is 1. The van der Waals surface area contributed by atoms with Gasteiger partial charge in [-0.15, -0.1) is 0 Å². The minimum atomic E-state index is -3.67. The average Bonchev–Trinajstić information content (AvgIpc) is 2.61. The first kappa shape index (κ1) is 23.3. The number of likely N-dealkylation sites (N-methyl/N-ethyl adjacent to an activating group) is 1. The second-order valence-electron chi connectivity index (χ2n) is 7.98. The lowest BCUT2D eigenvalue weighted by molar-refractivity contribution is -0.121. The van der Waals surface area contributed by atoms with Crippen LogP contribution in [-0.4, -0.2) is 63.3 Å². The summed E-state index contributed by atoms with van der Waals surface area (Å²) < 4.78 is 26.9. The Labute approximate surface area is 177 Å². The molecule has 1 aliphatic rings. The molecule has 2 unspecified atom stereocenters. The highest BCUT2D eigenvalue weighted by atomic mass is 79.9. The molecule has 1 heterocycles. The second-order valence-corrected chi connectivity index (χ2v) is 10.9. The number of hydrogen-bond acceptors (Lipinski definition) is 4. The summed E-state index contributed by atoms with van der Waals surface area (Å²) in [4.78, 5) is 14.8. The fourth-order valence-corrected chi connectivity index (χ4v) is 5.18. The van der Waals surface area contributed by atoms with Crippen LogP contribution in [0.2, 0.25) is 0 Å². The van der Waals surface area contributed by atoms with Crippen molar-refractivity contribution in [3.63, 3.8) is 0 Å². The molecular formula is C20H32BrN3O3S. The normalized spacial score (nSPS) is 21.0. The molecule has 8 heteroatoms. The summed E-state index contributed by atoms with van der Waals surface area (Å²) in [7, 11) is -2.24. The van der Waals surface area contributed by atoms with E-state index in [0.717, 1.165) is 53.1 Å². The number of carbonyl (C=O) groups is 1. The van der Waals surface area contributed by atoms with E-state index in [1.807, 2.05) is 0 Å². The van der Waals surface area contributed by atoms with Gasteiger partial charge in [0.2, 0.25) is 15.9 Å². The van der Waals surface area contributed by atoms with E-state index in [9.17, 15) is 13.2 Å². The molecule has 6 nitrogen and oxygen atoms in total. The van der Waals surface area contributed by atoms with Gasteiger partial charge >= 0.3 is 0 Å². The Morgan fingerprint density at radius 1 is 1.18 bits per heavy atom. The van der Waals surface area contributed by atoms with Crippen LogP contribution in [0.15, 0.2) is 33.6 Å². The fraction of sp³-hybridized carbons (Fsp3) is 0.650. The van der Waals surface area contributed by atoms with Gasteiger partial charge in [0.15, 0.2) is 0 Å². The van der Waals surface area contributed by atoms with Gasteiger partial charge in [-0.3, -0.25) is 4.79 Å². The van der Waals surface area contributed by atoms with E-state index in [0.29, 0.717) is 6.54 Å². The van der Waals surface area contributed by atoms with Gasteiger partial charge in [-0.05, 0) is 61.9 Å². The summed E-state index contributed by atoms with van der Waals surface area (Å²) >= 11 is 3.29. The van der Waals surface area contributed by atoms with E-state index in [1.165, 1.54) is 25.6 Å². The van der Waals surface area contributed by atoms with Gasteiger partial charge in [0.05, 0.1) is 11.4 Å². The van der Waals surface area contributed by atoms with Crippen LogP contribution < -0.4 is 5.32 Å². The smallest absolute Gasteiger partial charge is 0.243 e. The van der Waals surface area contributed by atoms with E-state index in [-0.39, 0.29) is 17.3 Å². The van der Waals surface area contributed by atoms with Crippen molar-refractivity contribution < 1.29 is 13.2 Å². The SMILES string of the molecule is CC1CC(C)CN(CCCCNC(=O)CN(C)S(=O)(=O)c2ccc(Br)cc2)C1. The Bertz CT molecular complexity index is 730. The number of nitrogens with one attached hydrogen (secondary N) is 1. The molecule has 158 valence electrons. The molecule has 1 aromatic rings. The molecule has 28 heavy (non-hydrogen) atoms. The quantitative estimate of drug-likeness (QED) is 0.559. The maximum Gasteiger partial charge on any atom is 0.243 e. The van der Waals surface area contributed by atoms with E-state index < -0.39 is 10.0 Å². The van der Waals surface area contributed by atoms with Crippen molar-refractivity contribution in [2.24, 2.45) is 11.8 Å². The summed E-state index contributed by atoms with van der Waals surface area (Å²) in [5, 5.41) is 2.83. The number of sulfonamides is 1. The molecule has 1 N–H and O–H groups in total. The van der Waals surface area contributed by atoms with Crippen molar-refractivity contribution in [3.05, 3.63) is 28.7 Å². The molecule has 0 saturated carbocycles. The van der Waals surface area contributed by atoms with Crippen LogP contribution >= 0.6 is 15.9 Å². The molecule has 1 fully saturated rings. The number of carbonyl (C=O) groups excluding carboxylic acids is 1. The first-order chi connectivity index (χ1) is 13.2. The number of halogens is 1. The molecular weight excluding hydrogens is 442 g/mol. The zero-order valence-electron chi connectivity index (χ0n) is 17.0. The third-order valence-corrected chi connectivity index (χ3v) is 7.40. The van der Waals surface area contributed by atoms with E-state index in [2.05, 4.69) is 40.0 Å². The summed E-state index contributed by atoms with van der Waals surface area (Å²) in [6.07, 6.45) is 3.24. The van der Waals surface area contributed by atoms with E-state index >= 15 is 0 Å². The molecule has 0 aromatic heterocycles. The van der Waals surface area contributed by atoms with Gasteiger partial charge in [-0.1, -0.05) is 29.8 Å². The molecule has 1 amide bonds. The number of piperidine rings is 1. The Hall–Kier alpha value is -0.960. The maximum absolute atomic E-state index is 12.5. The lowest BCUT2D eigenvalue weighted by atomic mass is 9.92. The largest absolute Gasteiger partial charge is 0.355 e. The molecule has 1 aliphatic heterocycles. The Balaban J connectivity index is 1.68. The highest BCUT2D eigenvalue weighted by Crippen LogP contribution is 2.21. The van der Waals surface area contributed by atoms with Crippen molar-refractivity contribution in [1.29, 1.82) is 0 Å². The van der Waals surface area contributed by atoms with Crippen molar-refractivity contribution in [2.45, 2.75) is 38.0 Å². The molecule has 2 atom stereocenters. The summed E-state index contributed by atoms with van der Waals surface area (Å²) in [6.45, 7) is 8.39. The van der Waals surface area contributed by atoms with Crippen molar-refractivity contribution in [3.8, 4) is 0 Å². The van der Waals surface area contributed by atoms with Crippen LogP contribution in [0.1, 0.15) is 33.1 Å². The number of rotatable bonds is 9. The third kappa shape index (κ3) is 7.13. The van der Waals surface area contributed by atoms with Crippen LogP contribution in [0.4, 0.5) is 0 Å². The summed E-state index contributed by atoms with van der Waals surface area (Å²) in [6, 6.07) is 6.39. The number of hydrogen-bond donors (Lipinski definition) is 1. The van der Waals surface area contributed by atoms with Gasteiger partial charge in [0.25, 0.3) is 0 Å². The lowest BCUT2D eigenvalue weighted by Gasteiger charge is -2.34. The van der Waals surface area contributed by atoms with Crippen LogP contribution in [0.5, 0.6) is 0 Å². The highest BCUT2D eigenvalue weighted by molar-refractivity contribution is 9.10. The molecule has 0 aliphatic carbocycles. The van der Waals surface area contributed by atoms with Crippen LogP contribution in [0, 0.1) is 11.8 Å². The Kier molecular flexibility index (Phi) is 8.92. The zero-order chi connectivity index (χ0) is 20.7. The topological polar surface area (TPSA) is 69.7 Å². The number of nitrogens with zero attached hydrogens (tertiary/aromatic N) is 2. The van der Waals surface area contributed by atoms with Crippen LogP contribution in [0.3, 0.4) is 0 Å². The average molecular weight is 474 g/mol.